The molecule has 98 valence electrons. The number of carbonyl (C=O) groups is 1. The molecule has 0 saturated heterocycles. The zero-order chi connectivity index (χ0) is 13.7. The number of rotatable bonds is 5. The number of ketones is 1. The zero-order valence-corrected chi connectivity index (χ0v) is 12.2. The third kappa shape index (κ3) is 4.25. The molecule has 0 spiro atoms. The van der Waals surface area contributed by atoms with Gasteiger partial charge >= 0.3 is 0 Å². The minimum absolute atomic E-state index is 0.210. The van der Waals surface area contributed by atoms with Crippen molar-refractivity contribution in [2.45, 2.75) is 24.0 Å². The van der Waals surface area contributed by atoms with Gasteiger partial charge in [0.2, 0.25) is 0 Å². The third-order valence-electron chi connectivity index (χ3n) is 3.00. The van der Waals surface area contributed by atoms with Gasteiger partial charge in [0.1, 0.15) is 17.8 Å². The van der Waals surface area contributed by atoms with Gasteiger partial charge in [-0.05, 0) is 24.6 Å². The van der Waals surface area contributed by atoms with Gasteiger partial charge in [-0.15, -0.1) is 0 Å². The van der Waals surface area contributed by atoms with E-state index in [0.717, 1.165) is 11.3 Å². The molecule has 19 heavy (non-hydrogen) atoms. The maximum atomic E-state index is 11.1. The number of hydrogen-bond acceptors (Lipinski definition) is 1. The summed E-state index contributed by atoms with van der Waals surface area (Å²) in [5.41, 5.74) is 2.48. The Morgan fingerprint density at radius 1 is 0.947 bits per heavy atom. The van der Waals surface area contributed by atoms with Crippen LogP contribution in [0.2, 0.25) is 0 Å². The lowest BCUT2D eigenvalue weighted by molar-refractivity contribution is -0.116. The maximum Gasteiger partial charge on any atom is 0.154 e. The second-order valence-electron chi connectivity index (χ2n) is 4.79. The molecule has 0 N–H and O–H groups in total. The van der Waals surface area contributed by atoms with Gasteiger partial charge in [-0.25, -0.2) is 0 Å². The first-order chi connectivity index (χ1) is 9.15. The Kier molecular flexibility index (Phi) is 4.80. The summed E-state index contributed by atoms with van der Waals surface area (Å²) >= 11 is 0. The predicted molar refractivity (Wildman–Crippen MR) is 82.5 cm³/mol. The van der Waals surface area contributed by atoms with Crippen LogP contribution in [0.3, 0.4) is 0 Å². The molecule has 2 rings (SSSR count). The minimum atomic E-state index is 0.210. The van der Waals surface area contributed by atoms with Crippen molar-refractivity contribution >= 4 is 16.7 Å². The fourth-order valence-electron chi connectivity index (χ4n) is 2.03. The van der Waals surface area contributed by atoms with Gasteiger partial charge in [-0.1, -0.05) is 42.5 Å². The smallest absolute Gasteiger partial charge is 0.154 e. The Morgan fingerprint density at radius 3 is 2.16 bits per heavy atom. The van der Waals surface area contributed by atoms with E-state index in [4.69, 9.17) is 0 Å². The summed E-state index contributed by atoms with van der Waals surface area (Å²) in [7, 11) is 0.210. The molecule has 0 amide bonds. The topological polar surface area (TPSA) is 17.1 Å². The van der Waals surface area contributed by atoms with Crippen LogP contribution < -0.4 is 0 Å². The van der Waals surface area contributed by atoms with Gasteiger partial charge in [0, 0.05) is 22.9 Å². The van der Waals surface area contributed by atoms with Crippen molar-refractivity contribution in [2.75, 3.05) is 6.26 Å². The SMILES string of the molecule is CC(=O)Cc1ccc([S+](C)Cc2ccccc2)cc1. The van der Waals surface area contributed by atoms with Gasteiger partial charge in [-0.3, -0.25) is 4.79 Å². The Morgan fingerprint density at radius 2 is 1.58 bits per heavy atom. The first-order valence-electron chi connectivity index (χ1n) is 6.40. The van der Waals surface area contributed by atoms with Crippen LogP contribution in [0.5, 0.6) is 0 Å². The highest BCUT2D eigenvalue weighted by molar-refractivity contribution is 7.95. The molecular weight excluding hydrogens is 252 g/mol. The summed E-state index contributed by atoms with van der Waals surface area (Å²) in [5, 5.41) is 0. The molecule has 0 aromatic heterocycles. The molecule has 0 fully saturated rings. The van der Waals surface area contributed by atoms with Crippen molar-refractivity contribution in [3.63, 3.8) is 0 Å². The average Bonchev–Trinajstić information content (AvgIpc) is 2.40. The van der Waals surface area contributed by atoms with Gasteiger partial charge in [0.05, 0.1) is 0 Å². The van der Waals surface area contributed by atoms with E-state index in [2.05, 4.69) is 54.8 Å². The van der Waals surface area contributed by atoms with Crippen LogP contribution in [0.15, 0.2) is 59.5 Å². The molecule has 0 aliphatic rings. The predicted octanol–water partition coefficient (Wildman–Crippen LogP) is 3.63. The Balaban J connectivity index is 2.03. The molecule has 2 aromatic rings. The molecular formula is C17H19OS+. The fourth-order valence-corrected chi connectivity index (χ4v) is 3.49. The normalized spacial score (nSPS) is 12.1. The molecule has 0 bridgehead atoms. The lowest BCUT2D eigenvalue weighted by Crippen LogP contribution is -2.04. The molecule has 2 aromatic carbocycles. The van der Waals surface area contributed by atoms with Crippen LogP contribution in [0, 0.1) is 0 Å². The van der Waals surface area contributed by atoms with Crippen molar-refractivity contribution in [3.05, 3.63) is 65.7 Å². The van der Waals surface area contributed by atoms with E-state index in [0.29, 0.717) is 6.42 Å². The van der Waals surface area contributed by atoms with Crippen LogP contribution in [0.25, 0.3) is 0 Å². The second kappa shape index (κ2) is 6.58. The molecule has 0 aliphatic heterocycles. The highest BCUT2D eigenvalue weighted by Gasteiger charge is 2.15. The average molecular weight is 271 g/mol. The van der Waals surface area contributed by atoms with E-state index in [9.17, 15) is 4.79 Å². The standard InChI is InChI=1S/C17H19OS/c1-14(18)12-15-8-10-17(11-9-15)19(2)13-16-6-4-3-5-7-16/h3-11H,12-13H2,1-2H3/q+1. The van der Waals surface area contributed by atoms with Crippen molar-refractivity contribution in [1.82, 2.24) is 0 Å². The fraction of sp³-hybridized carbons (Fsp3) is 0.235. The summed E-state index contributed by atoms with van der Waals surface area (Å²) in [6, 6.07) is 19.0. The zero-order valence-electron chi connectivity index (χ0n) is 11.4. The molecule has 2 heteroatoms. The number of carbonyl (C=O) groups excluding carboxylic acids is 1. The van der Waals surface area contributed by atoms with E-state index in [-0.39, 0.29) is 16.7 Å². The van der Waals surface area contributed by atoms with E-state index < -0.39 is 0 Å². The van der Waals surface area contributed by atoms with Crippen molar-refractivity contribution in [1.29, 1.82) is 0 Å². The van der Waals surface area contributed by atoms with E-state index in [1.165, 1.54) is 10.5 Å². The highest BCUT2D eigenvalue weighted by Crippen LogP contribution is 2.17. The van der Waals surface area contributed by atoms with Crippen molar-refractivity contribution in [3.8, 4) is 0 Å². The highest BCUT2D eigenvalue weighted by atomic mass is 32.2. The summed E-state index contributed by atoms with van der Waals surface area (Å²) in [4.78, 5) is 12.4. The van der Waals surface area contributed by atoms with Crippen molar-refractivity contribution in [2.24, 2.45) is 0 Å². The molecule has 1 atom stereocenters. The van der Waals surface area contributed by atoms with Crippen LogP contribution in [0.4, 0.5) is 0 Å². The maximum absolute atomic E-state index is 11.1. The first-order valence-corrected chi connectivity index (χ1v) is 8.20. The second-order valence-corrected chi connectivity index (χ2v) is 6.82. The van der Waals surface area contributed by atoms with Gasteiger partial charge in [0.25, 0.3) is 0 Å². The van der Waals surface area contributed by atoms with Crippen LogP contribution in [-0.4, -0.2) is 12.0 Å². The quantitative estimate of drug-likeness (QED) is 0.759. The largest absolute Gasteiger partial charge is 0.300 e. The molecule has 0 radical (unpaired) electrons. The molecule has 0 saturated carbocycles. The van der Waals surface area contributed by atoms with E-state index in [1.54, 1.807) is 6.92 Å². The summed E-state index contributed by atoms with van der Waals surface area (Å²) < 4.78 is 0. The van der Waals surface area contributed by atoms with E-state index in [1.807, 2.05) is 6.07 Å². The third-order valence-corrected chi connectivity index (χ3v) is 4.85. The first kappa shape index (κ1) is 13.9. The molecule has 0 aliphatic carbocycles. The lowest BCUT2D eigenvalue weighted by atomic mass is 10.1. The number of hydrogen-bond donors (Lipinski definition) is 0. The Hall–Kier alpha value is -1.54. The monoisotopic (exact) mass is 271 g/mol. The summed E-state index contributed by atoms with van der Waals surface area (Å²) in [6.07, 6.45) is 2.81. The summed E-state index contributed by atoms with van der Waals surface area (Å²) in [5.74, 6) is 1.29. The van der Waals surface area contributed by atoms with Gasteiger partial charge in [-0.2, -0.15) is 0 Å². The van der Waals surface area contributed by atoms with Crippen LogP contribution >= 0.6 is 0 Å². The van der Waals surface area contributed by atoms with Crippen molar-refractivity contribution < 1.29 is 4.79 Å². The Bertz CT molecular complexity index is 531. The molecule has 0 heterocycles. The Labute approximate surface area is 118 Å². The minimum Gasteiger partial charge on any atom is -0.300 e. The van der Waals surface area contributed by atoms with Crippen LogP contribution in [-0.2, 0) is 27.9 Å². The molecule has 1 unspecified atom stereocenters. The molecule has 1 nitrogen and oxygen atoms in total. The van der Waals surface area contributed by atoms with Gasteiger partial charge < -0.3 is 0 Å². The van der Waals surface area contributed by atoms with Crippen LogP contribution in [0.1, 0.15) is 18.1 Å². The lowest BCUT2D eigenvalue weighted by Gasteiger charge is -2.04. The number of benzene rings is 2. The number of Topliss-reactive ketones (excluding diaryl/α,β-unsaturated/α-hetero) is 1. The summed E-state index contributed by atoms with van der Waals surface area (Å²) in [6.45, 7) is 1.63. The van der Waals surface area contributed by atoms with Gasteiger partial charge in [0.15, 0.2) is 4.90 Å². The van der Waals surface area contributed by atoms with E-state index >= 15 is 0 Å².